The highest BCUT2D eigenvalue weighted by Gasteiger charge is 2.18. The Labute approximate surface area is 124 Å². The summed E-state index contributed by atoms with van der Waals surface area (Å²) in [5.41, 5.74) is 5.23. The van der Waals surface area contributed by atoms with Gasteiger partial charge in [0.2, 0.25) is 0 Å². The molecule has 0 aliphatic carbocycles. The van der Waals surface area contributed by atoms with Crippen molar-refractivity contribution in [2.45, 2.75) is 11.4 Å². The van der Waals surface area contributed by atoms with Crippen molar-refractivity contribution in [1.82, 2.24) is 9.78 Å². The zero-order valence-electron chi connectivity index (χ0n) is 10.3. The Morgan fingerprint density at radius 3 is 2.85 bits per heavy atom. The molecular weight excluding hydrogens is 351 g/mol. The molecule has 0 aliphatic heterocycles. The largest absolute Gasteiger partial charge is 0.329 e. The highest BCUT2D eigenvalue weighted by atomic mass is 79.9. The van der Waals surface area contributed by atoms with Gasteiger partial charge in [-0.25, -0.2) is 12.8 Å². The molecule has 2 aromatic rings. The second kappa shape index (κ2) is 5.90. The summed E-state index contributed by atoms with van der Waals surface area (Å²) < 4.78 is 41.9. The molecule has 0 bridgehead atoms. The first kappa shape index (κ1) is 14.9. The highest BCUT2D eigenvalue weighted by Crippen LogP contribution is 2.22. The minimum Gasteiger partial charge on any atom is -0.329 e. The van der Waals surface area contributed by atoms with Crippen LogP contribution in [0.3, 0.4) is 0 Å². The van der Waals surface area contributed by atoms with Crippen LogP contribution in [0, 0.1) is 5.82 Å². The van der Waals surface area contributed by atoms with E-state index in [-0.39, 0.29) is 10.6 Å². The van der Waals surface area contributed by atoms with Crippen molar-refractivity contribution in [1.29, 1.82) is 0 Å². The summed E-state index contributed by atoms with van der Waals surface area (Å²) in [5.74, 6) is -0.669. The maximum Gasteiger partial charge on any atom is 0.265 e. The van der Waals surface area contributed by atoms with E-state index in [2.05, 4.69) is 25.8 Å². The van der Waals surface area contributed by atoms with Gasteiger partial charge in [-0.15, -0.1) is 0 Å². The zero-order chi connectivity index (χ0) is 14.8. The van der Waals surface area contributed by atoms with E-state index in [1.807, 2.05) is 0 Å². The van der Waals surface area contributed by atoms with Crippen molar-refractivity contribution in [2.24, 2.45) is 5.73 Å². The third-order valence-corrected chi connectivity index (χ3v) is 4.27. The zero-order valence-corrected chi connectivity index (χ0v) is 12.7. The first-order chi connectivity index (χ1) is 9.42. The summed E-state index contributed by atoms with van der Waals surface area (Å²) in [6.07, 6.45) is 2.53. The lowest BCUT2D eigenvalue weighted by Gasteiger charge is -2.07. The number of halogens is 2. The predicted molar refractivity (Wildman–Crippen MR) is 76.2 cm³/mol. The van der Waals surface area contributed by atoms with Gasteiger partial charge in [0.05, 0.1) is 18.4 Å². The van der Waals surface area contributed by atoms with Crippen LogP contribution in [0.4, 0.5) is 10.1 Å². The van der Waals surface area contributed by atoms with Crippen molar-refractivity contribution in [3.8, 4) is 0 Å². The number of aromatic nitrogens is 2. The lowest BCUT2D eigenvalue weighted by atomic mass is 10.3. The van der Waals surface area contributed by atoms with E-state index >= 15 is 0 Å². The Balaban J connectivity index is 2.26. The lowest BCUT2D eigenvalue weighted by Crippen LogP contribution is -2.14. The maximum atomic E-state index is 13.6. The fourth-order valence-corrected chi connectivity index (χ4v) is 2.87. The van der Waals surface area contributed by atoms with Gasteiger partial charge in [-0.05, 0) is 18.2 Å². The molecule has 0 fully saturated rings. The van der Waals surface area contributed by atoms with E-state index < -0.39 is 15.8 Å². The summed E-state index contributed by atoms with van der Waals surface area (Å²) in [5, 5.41) is 3.87. The van der Waals surface area contributed by atoms with Crippen LogP contribution in [0.15, 0.2) is 40.0 Å². The summed E-state index contributed by atoms with van der Waals surface area (Å²) in [7, 11) is -3.88. The first-order valence-electron chi connectivity index (χ1n) is 5.63. The minimum atomic E-state index is -3.88. The summed E-state index contributed by atoms with van der Waals surface area (Å²) in [6.45, 7) is 0.748. The van der Waals surface area contributed by atoms with Gasteiger partial charge in [0.1, 0.15) is 10.7 Å². The Bertz CT molecular complexity index is 717. The van der Waals surface area contributed by atoms with E-state index in [9.17, 15) is 12.8 Å². The van der Waals surface area contributed by atoms with Gasteiger partial charge in [0.15, 0.2) is 0 Å². The molecule has 1 heterocycles. The van der Waals surface area contributed by atoms with Gasteiger partial charge >= 0.3 is 0 Å². The predicted octanol–water partition coefficient (Wildman–Crippen LogP) is 1.54. The number of anilines is 1. The average molecular weight is 363 g/mol. The van der Waals surface area contributed by atoms with Crippen LogP contribution in [0.5, 0.6) is 0 Å². The smallest absolute Gasteiger partial charge is 0.265 e. The van der Waals surface area contributed by atoms with E-state index in [4.69, 9.17) is 5.73 Å². The first-order valence-corrected chi connectivity index (χ1v) is 7.90. The molecule has 0 amide bonds. The summed E-state index contributed by atoms with van der Waals surface area (Å²) in [4.78, 5) is -0.0479. The molecule has 6 nitrogen and oxygen atoms in total. The van der Waals surface area contributed by atoms with Gasteiger partial charge in [0.25, 0.3) is 10.0 Å². The number of rotatable bonds is 5. The van der Waals surface area contributed by atoms with Gasteiger partial charge in [-0.3, -0.25) is 9.40 Å². The fourth-order valence-electron chi connectivity index (χ4n) is 1.51. The molecule has 1 aromatic heterocycles. The van der Waals surface area contributed by atoms with Gasteiger partial charge in [-0.2, -0.15) is 5.10 Å². The van der Waals surface area contributed by atoms with E-state index in [1.54, 1.807) is 6.07 Å². The monoisotopic (exact) mass is 362 g/mol. The second-order valence-electron chi connectivity index (χ2n) is 3.96. The van der Waals surface area contributed by atoms with Crippen LogP contribution in [0.2, 0.25) is 0 Å². The van der Waals surface area contributed by atoms with Crippen LogP contribution in [-0.2, 0) is 16.6 Å². The molecule has 9 heteroatoms. The molecular formula is C11H12BrFN4O2S. The molecule has 20 heavy (non-hydrogen) atoms. The van der Waals surface area contributed by atoms with Crippen molar-refractivity contribution < 1.29 is 12.8 Å². The van der Waals surface area contributed by atoms with Crippen LogP contribution in [0.1, 0.15) is 0 Å². The van der Waals surface area contributed by atoms with Crippen LogP contribution in [-0.4, -0.2) is 24.7 Å². The Morgan fingerprint density at radius 2 is 2.20 bits per heavy atom. The van der Waals surface area contributed by atoms with Crippen molar-refractivity contribution in [3.05, 3.63) is 40.9 Å². The van der Waals surface area contributed by atoms with Crippen LogP contribution in [0.25, 0.3) is 0 Å². The molecule has 1 aromatic carbocycles. The quantitative estimate of drug-likeness (QED) is 0.843. The molecule has 108 valence electrons. The fraction of sp³-hybridized carbons (Fsp3) is 0.182. The van der Waals surface area contributed by atoms with Crippen LogP contribution < -0.4 is 10.5 Å². The topological polar surface area (TPSA) is 90.0 Å². The van der Waals surface area contributed by atoms with Crippen LogP contribution >= 0.6 is 15.9 Å². The minimum absolute atomic E-state index is 0.0479. The summed E-state index contributed by atoms with van der Waals surface area (Å²) in [6, 6.07) is 4.05. The summed E-state index contributed by atoms with van der Waals surface area (Å²) >= 11 is 3.10. The van der Waals surface area contributed by atoms with Gasteiger partial charge < -0.3 is 5.73 Å². The number of nitrogens with two attached hydrogens (primary N) is 1. The number of benzene rings is 1. The van der Waals surface area contributed by atoms with Crippen molar-refractivity contribution >= 4 is 31.6 Å². The number of nitrogens with one attached hydrogen (secondary N) is 1. The normalized spacial score (nSPS) is 11.6. The number of nitrogens with zero attached hydrogens (tertiary/aromatic N) is 2. The lowest BCUT2D eigenvalue weighted by molar-refractivity contribution is 0.597. The molecule has 3 N–H and O–H groups in total. The van der Waals surface area contributed by atoms with E-state index in [0.717, 1.165) is 0 Å². The average Bonchev–Trinajstić information content (AvgIpc) is 2.83. The Hall–Kier alpha value is -1.45. The van der Waals surface area contributed by atoms with Gasteiger partial charge in [0, 0.05) is 17.2 Å². The molecule has 0 saturated carbocycles. The Morgan fingerprint density at radius 1 is 1.45 bits per heavy atom. The second-order valence-corrected chi connectivity index (χ2v) is 6.56. The number of sulfonamides is 1. The molecule has 0 unspecified atom stereocenters. The van der Waals surface area contributed by atoms with Crippen molar-refractivity contribution in [3.63, 3.8) is 0 Å². The molecule has 0 atom stereocenters. The molecule has 0 radical (unpaired) electrons. The molecule has 0 saturated heterocycles. The van der Waals surface area contributed by atoms with Crippen molar-refractivity contribution in [2.75, 3.05) is 11.3 Å². The Kier molecular flexibility index (Phi) is 4.41. The van der Waals surface area contributed by atoms with Gasteiger partial charge in [-0.1, -0.05) is 15.9 Å². The third kappa shape index (κ3) is 3.35. The molecule has 0 spiro atoms. The highest BCUT2D eigenvalue weighted by molar-refractivity contribution is 9.10. The molecule has 2 rings (SSSR count). The SMILES string of the molecule is NCCn1cc(S(=O)(=O)Nc2ccc(Br)cc2F)cn1. The maximum absolute atomic E-state index is 13.6. The van der Waals surface area contributed by atoms with E-state index in [1.165, 1.54) is 29.2 Å². The molecule has 0 aliphatic rings. The number of hydrogen-bond acceptors (Lipinski definition) is 4. The number of hydrogen-bond donors (Lipinski definition) is 2. The standard InChI is InChI=1S/C11H12BrFN4O2S/c12-8-1-2-11(10(13)5-8)16-20(18,19)9-6-15-17(7-9)4-3-14/h1-2,5-7,16H,3-4,14H2. The third-order valence-electron chi connectivity index (χ3n) is 2.45. The van der Waals surface area contributed by atoms with E-state index in [0.29, 0.717) is 17.6 Å².